The van der Waals surface area contributed by atoms with E-state index in [1.807, 2.05) is 0 Å². The summed E-state index contributed by atoms with van der Waals surface area (Å²) in [5.74, 6) is 0. The lowest BCUT2D eigenvalue weighted by atomic mass is 9.82. The molecule has 0 rings (SSSR count). The minimum absolute atomic E-state index is 0.139. The van der Waals surface area contributed by atoms with Crippen molar-refractivity contribution in [3.8, 4) is 0 Å². The van der Waals surface area contributed by atoms with Gasteiger partial charge in [-0.1, -0.05) is 6.92 Å². The van der Waals surface area contributed by atoms with Crippen LogP contribution in [0.2, 0.25) is 0 Å². The van der Waals surface area contributed by atoms with Crippen LogP contribution < -0.4 is 5.73 Å². The second-order valence-corrected chi connectivity index (χ2v) is 3.01. The van der Waals surface area contributed by atoms with Crippen LogP contribution in [0, 0.1) is 5.41 Å². The number of hydrogen-bond acceptors (Lipinski definition) is 2. The van der Waals surface area contributed by atoms with E-state index in [9.17, 15) is 13.2 Å². The Morgan fingerprint density at radius 1 is 1.33 bits per heavy atom. The molecule has 1 atom stereocenters. The van der Waals surface area contributed by atoms with Gasteiger partial charge in [-0.05, 0) is 6.42 Å². The molecule has 2 nitrogen and oxygen atoms in total. The maximum atomic E-state index is 11.9. The van der Waals surface area contributed by atoms with Gasteiger partial charge in [0.15, 0.2) is 0 Å². The fourth-order valence-corrected chi connectivity index (χ4v) is 0.999. The van der Waals surface area contributed by atoms with Gasteiger partial charge in [-0.15, -0.1) is 0 Å². The smallest absolute Gasteiger partial charge is 0.389 e. The standard InChI is InChI=1S/C7H14F3NO/c1-2-6(4-11,5-12)3-7(8,9)10/h12H,2-5,11H2,1H3. The van der Waals surface area contributed by atoms with Crippen LogP contribution in [0.4, 0.5) is 13.2 Å². The second kappa shape index (κ2) is 4.09. The predicted molar refractivity (Wildman–Crippen MR) is 39.5 cm³/mol. The van der Waals surface area contributed by atoms with Gasteiger partial charge in [-0.2, -0.15) is 13.2 Å². The Morgan fingerprint density at radius 2 is 1.83 bits per heavy atom. The van der Waals surface area contributed by atoms with Gasteiger partial charge in [0.05, 0.1) is 13.0 Å². The lowest BCUT2D eigenvalue weighted by Gasteiger charge is -2.29. The minimum Gasteiger partial charge on any atom is -0.396 e. The Balaban J connectivity index is 4.30. The highest BCUT2D eigenvalue weighted by atomic mass is 19.4. The zero-order chi connectivity index (χ0) is 9.83. The quantitative estimate of drug-likeness (QED) is 0.693. The van der Waals surface area contributed by atoms with Gasteiger partial charge >= 0.3 is 6.18 Å². The first-order chi connectivity index (χ1) is 5.39. The van der Waals surface area contributed by atoms with Crippen LogP contribution in [0.25, 0.3) is 0 Å². The molecule has 0 aliphatic rings. The molecule has 5 heteroatoms. The van der Waals surface area contributed by atoms with Crippen molar-refractivity contribution in [3.05, 3.63) is 0 Å². The topological polar surface area (TPSA) is 46.2 Å². The Kier molecular flexibility index (Phi) is 3.99. The molecule has 74 valence electrons. The van der Waals surface area contributed by atoms with E-state index in [2.05, 4.69) is 0 Å². The van der Waals surface area contributed by atoms with Crippen molar-refractivity contribution in [1.82, 2.24) is 0 Å². The molecule has 0 aliphatic heterocycles. The van der Waals surface area contributed by atoms with Gasteiger partial charge in [0.1, 0.15) is 0 Å². The largest absolute Gasteiger partial charge is 0.396 e. The molecule has 0 aromatic heterocycles. The average molecular weight is 185 g/mol. The van der Waals surface area contributed by atoms with Gasteiger partial charge in [-0.3, -0.25) is 0 Å². The van der Waals surface area contributed by atoms with Gasteiger partial charge in [-0.25, -0.2) is 0 Å². The molecule has 0 spiro atoms. The van der Waals surface area contributed by atoms with Crippen LogP contribution in [0.1, 0.15) is 19.8 Å². The summed E-state index contributed by atoms with van der Waals surface area (Å²) in [7, 11) is 0. The SMILES string of the molecule is CCC(CN)(CO)CC(F)(F)F. The van der Waals surface area contributed by atoms with Crippen LogP contribution in [0.15, 0.2) is 0 Å². The number of halogens is 3. The van der Waals surface area contributed by atoms with Gasteiger partial charge in [0.25, 0.3) is 0 Å². The van der Waals surface area contributed by atoms with E-state index in [1.165, 1.54) is 0 Å². The molecule has 0 radical (unpaired) electrons. The molecule has 0 saturated heterocycles. The number of rotatable bonds is 4. The lowest BCUT2D eigenvalue weighted by molar-refractivity contribution is -0.163. The number of nitrogens with two attached hydrogens (primary N) is 1. The average Bonchev–Trinajstić information content (AvgIpc) is 1.99. The summed E-state index contributed by atoms with van der Waals surface area (Å²) in [4.78, 5) is 0. The summed E-state index contributed by atoms with van der Waals surface area (Å²) < 4.78 is 35.8. The summed E-state index contributed by atoms with van der Waals surface area (Å²) in [5, 5.41) is 8.76. The summed E-state index contributed by atoms with van der Waals surface area (Å²) in [6, 6.07) is 0. The third-order valence-electron chi connectivity index (χ3n) is 2.09. The van der Waals surface area contributed by atoms with E-state index in [-0.39, 0.29) is 13.0 Å². The zero-order valence-corrected chi connectivity index (χ0v) is 6.99. The highest BCUT2D eigenvalue weighted by Gasteiger charge is 2.40. The van der Waals surface area contributed by atoms with E-state index in [0.717, 1.165) is 0 Å². The summed E-state index contributed by atoms with van der Waals surface area (Å²) in [6.07, 6.45) is -5.03. The minimum atomic E-state index is -4.25. The van der Waals surface area contributed by atoms with E-state index >= 15 is 0 Å². The Hall–Kier alpha value is -0.290. The maximum Gasteiger partial charge on any atom is 0.389 e. The number of aliphatic hydroxyl groups is 1. The molecule has 0 aromatic rings. The molecule has 0 aromatic carbocycles. The molecular weight excluding hydrogens is 171 g/mol. The summed E-state index contributed by atoms with van der Waals surface area (Å²) >= 11 is 0. The van der Waals surface area contributed by atoms with Crippen LogP contribution >= 0.6 is 0 Å². The van der Waals surface area contributed by atoms with E-state index in [4.69, 9.17) is 10.8 Å². The van der Waals surface area contributed by atoms with Crippen LogP contribution in [-0.2, 0) is 0 Å². The van der Waals surface area contributed by atoms with E-state index in [1.54, 1.807) is 6.92 Å². The van der Waals surface area contributed by atoms with Gasteiger partial charge < -0.3 is 10.8 Å². The number of aliphatic hydroxyl groups excluding tert-OH is 1. The molecule has 3 N–H and O–H groups in total. The van der Waals surface area contributed by atoms with Crippen LogP contribution in [0.3, 0.4) is 0 Å². The van der Waals surface area contributed by atoms with E-state index < -0.39 is 24.6 Å². The maximum absolute atomic E-state index is 11.9. The monoisotopic (exact) mass is 185 g/mol. The lowest BCUT2D eigenvalue weighted by Crippen LogP contribution is -2.38. The highest BCUT2D eigenvalue weighted by Crippen LogP contribution is 2.34. The summed E-state index contributed by atoms with van der Waals surface area (Å²) in [6.45, 7) is 0.938. The second-order valence-electron chi connectivity index (χ2n) is 3.01. The Labute approximate surface area is 69.6 Å². The van der Waals surface area contributed by atoms with Crippen LogP contribution in [-0.4, -0.2) is 24.4 Å². The predicted octanol–water partition coefficient (Wildman–Crippen LogP) is 1.29. The third kappa shape index (κ3) is 3.40. The Morgan fingerprint density at radius 3 is 1.92 bits per heavy atom. The number of alkyl halides is 3. The zero-order valence-electron chi connectivity index (χ0n) is 6.99. The van der Waals surface area contributed by atoms with Crippen molar-refractivity contribution in [2.75, 3.05) is 13.2 Å². The fourth-order valence-electron chi connectivity index (χ4n) is 0.999. The first-order valence-corrected chi connectivity index (χ1v) is 3.77. The van der Waals surface area contributed by atoms with Crippen molar-refractivity contribution in [2.45, 2.75) is 25.9 Å². The Bertz CT molecular complexity index is 123. The molecule has 0 amide bonds. The highest BCUT2D eigenvalue weighted by molar-refractivity contribution is 4.80. The van der Waals surface area contributed by atoms with Gasteiger partial charge in [0.2, 0.25) is 0 Å². The van der Waals surface area contributed by atoms with Crippen LogP contribution in [0.5, 0.6) is 0 Å². The normalized spacial score (nSPS) is 17.5. The van der Waals surface area contributed by atoms with Crippen molar-refractivity contribution >= 4 is 0 Å². The fraction of sp³-hybridized carbons (Fsp3) is 1.00. The molecular formula is C7H14F3NO. The molecule has 0 saturated carbocycles. The molecule has 1 unspecified atom stereocenters. The first-order valence-electron chi connectivity index (χ1n) is 3.77. The van der Waals surface area contributed by atoms with Crippen molar-refractivity contribution in [3.63, 3.8) is 0 Å². The van der Waals surface area contributed by atoms with E-state index in [0.29, 0.717) is 0 Å². The molecule has 0 fully saturated rings. The third-order valence-corrected chi connectivity index (χ3v) is 2.09. The first kappa shape index (κ1) is 11.7. The molecule has 0 heterocycles. The molecule has 12 heavy (non-hydrogen) atoms. The molecule has 0 aliphatic carbocycles. The summed E-state index contributed by atoms with van der Waals surface area (Å²) in [5.41, 5.74) is 3.99. The van der Waals surface area contributed by atoms with Gasteiger partial charge in [0, 0.05) is 12.0 Å². The van der Waals surface area contributed by atoms with Crippen molar-refractivity contribution < 1.29 is 18.3 Å². The van der Waals surface area contributed by atoms with Crippen molar-refractivity contribution in [1.29, 1.82) is 0 Å². The number of hydrogen-bond donors (Lipinski definition) is 2. The van der Waals surface area contributed by atoms with Crippen molar-refractivity contribution in [2.24, 2.45) is 11.1 Å². The molecule has 0 bridgehead atoms.